The summed E-state index contributed by atoms with van der Waals surface area (Å²) in [5, 5.41) is 0. The Balaban J connectivity index is 0.000000649. The molecule has 0 unspecified atom stereocenters. The van der Waals surface area contributed by atoms with Crippen LogP contribution in [0.4, 0.5) is 23.5 Å². The van der Waals surface area contributed by atoms with Gasteiger partial charge in [0, 0.05) is 81.9 Å². The van der Waals surface area contributed by atoms with Crippen molar-refractivity contribution < 1.29 is 23.5 Å². The molecular weight excluding hydrogens is 1400 g/mol. The number of halogens is 5. The van der Waals surface area contributed by atoms with E-state index in [1.165, 1.54) is 257 Å². The number of unbranched alkanes of at least 4 members (excludes halogenated alkanes) is 10. The molecule has 0 heterocycles. The topological polar surface area (TPSA) is 0 Å². The van der Waals surface area contributed by atoms with E-state index >= 15 is 0 Å². The summed E-state index contributed by atoms with van der Waals surface area (Å²) in [5.74, 6) is 41.8. The van der Waals surface area contributed by atoms with Crippen molar-refractivity contribution in [1.82, 2.24) is 0 Å². The Morgan fingerprint density at radius 2 is 0.343 bits per heavy atom. The lowest BCUT2D eigenvalue weighted by atomic mass is 9.80. The molecular formula is C95H130F5S5. The lowest BCUT2D eigenvalue weighted by Crippen LogP contribution is -2.13. The van der Waals surface area contributed by atoms with Gasteiger partial charge >= 0.3 is 0 Å². The van der Waals surface area contributed by atoms with Crippen molar-refractivity contribution >= 4 is 63.1 Å². The first-order chi connectivity index (χ1) is 48.9. The van der Waals surface area contributed by atoms with Crippen LogP contribution in [0, 0.1) is 118 Å². The van der Waals surface area contributed by atoms with Crippen LogP contribution >= 0.6 is 63.1 Å². The fourth-order valence-electron chi connectivity index (χ4n) is 15.0. The summed E-state index contributed by atoms with van der Waals surface area (Å²) < 4.78 is 0. The van der Waals surface area contributed by atoms with Crippen molar-refractivity contribution in [1.29, 1.82) is 0 Å². The maximum Gasteiger partial charge on any atom is 0.0377 e. The second-order valence-corrected chi connectivity index (χ2v) is 32.4. The van der Waals surface area contributed by atoms with Gasteiger partial charge in [-0.05, 0) is 279 Å². The molecule has 5 aliphatic rings. The first-order valence-corrected chi connectivity index (χ1v) is 42.4. The Morgan fingerprint density at radius 1 is 0.210 bits per heavy atom. The summed E-state index contributed by atoms with van der Waals surface area (Å²) in [6.07, 6.45) is 54.8. The van der Waals surface area contributed by atoms with Crippen LogP contribution in [0.25, 0.3) is 0 Å². The van der Waals surface area contributed by atoms with Crippen molar-refractivity contribution in [2.75, 3.05) is 0 Å². The molecule has 0 atom stereocenters. The van der Waals surface area contributed by atoms with Crippen molar-refractivity contribution in [3.8, 4) is 59.2 Å². The maximum absolute atomic E-state index is 5.09. The van der Waals surface area contributed by atoms with Gasteiger partial charge in [-0.25, -0.2) is 0 Å². The Morgan fingerprint density at radius 3 is 0.467 bits per heavy atom. The van der Waals surface area contributed by atoms with E-state index in [2.05, 4.69) is 93.8 Å². The third-order valence-electron chi connectivity index (χ3n) is 21.7. The molecule has 0 nitrogen and oxygen atoms in total. The number of hydrogen-bond acceptors (Lipinski definition) is 0. The number of rotatable bonds is 20. The molecule has 5 radical (unpaired) electrons. The van der Waals surface area contributed by atoms with Crippen LogP contribution in [-0.4, -0.2) is 0 Å². The van der Waals surface area contributed by atoms with Gasteiger partial charge in [-0.1, -0.05) is 285 Å². The van der Waals surface area contributed by atoms with Crippen LogP contribution in [0.15, 0.2) is 146 Å². The zero-order valence-corrected chi connectivity index (χ0v) is 68.8. The van der Waals surface area contributed by atoms with E-state index in [0.717, 1.165) is 81.9 Å². The Labute approximate surface area is 665 Å². The van der Waals surface area contributed by atoms with Gasteiger partial charge in [0.2, 0.25) is 0 Å². The molecule has 10 heteroatoms. The Bertz CT molecular complexity index is 2750. The standard InChI is InChI=1S/5C19H25S.5FH/c5*1-2-3-4-5-16-6-8-17(9-7-16)10-11-18-12-14-19(20)15-13-18;;;;;/h5*12-17H,2-9H2,1H3;5*1H/t5*16-,17-;;;;;. The first-order valence-electron chi connectivity index (χ1n) is 40.3. The minimum Gasteiger partial charge on any atom is -0.269 e. The highest BCUT2D eigenvalue weighted by Crippen LogP contribution is 2.36. The van der Waals surface area contributed by atoms with Gasteiger partial charge in [0.1, 0.15) is 0 Å². The third kappa shape index (κ3) is 44.0. The van der Waals surface area contributed by atoms with E-state index in [1.54, 1.807) is 0 Å². The largest absolute Gasteiger partial charge is 0.269 e. The van der Waals surface area contributed by atoms with Crippen molar-refractivity contribution in [3.63, 3.8) is 0 Å². The van der Waals surface area contributed by atoms with E-state index in [1.807, 2.05) is 121 Å². The summed E-state index contributed by atoms with van der Waals surface area (Å²) in [7, 11) is 0. The molecule has 0 amide bonds. The van der Waals surface area contributed by atoms with E-state index < -0.39 is 0 Å². The van der Waals surface area contributed by atoms with Crippen LogP contribution in [0.2, 0.25) is 0 Å². The molecule has 0 spiro atoms. The van der Waals surface area contributed by atoms with Gasteiger partial charge in [-0.2, -0.15) is 0 Å². The molecule has 5 saturated carbocycles. The summed E-state index contributed by atoms with van der Waals surface area (Å²) in [6.45, 7) is 11.4. The summed E-state index contributed by atoms with van der Waals surface area (Å²) in [5.41, 5.74) is 5.50. The molecule has 5 fully saturated rings. The van der Waals surface area contributed by atoms with Gasteiger partial charge in [0.15, 0.2) is 0 Å². The molecule has 0 bridgehead atoms. The summed E-state index contributed by atoms with van der Waals surface area (Å²) >= 11 is 25.4. The highest BCUT2D eigenvalue weighted by atomic mass is 32.1. The van der Waals surface area contributed by atoms with E-state index in [0.29, 0.717) is 29.6 Å². The predicted molar refractivity (Wildman–Crippen MR) is 456 cm³/mol. The van der Waals surface area contributed by atoms with Crippen LogP contribution in [0.5, 0.6) is 0 Å². The maximum atomic E-state index is 5.09. The lowest BCUT2D eigenvalue weighted by molar-refractivity contribution is 0.294. The Hall–Kier alpha value is -5.35. The molecule has 5 aromatic carbocycles. The second kappa shape index (κ2) is 60.5. The monoisotopic (exact) mass is 1530 g/mol. The molecule has 105 heavy (non-hydrogen) atoms. The fourth-order valence-corrected chi connectivity index (χ4v) is 15.7. The van der Waals surface area contributed by atoms with Crippen LogP contribution in [-0.2, 0) is 0 Å². The molecule has 0 aliphatic heterocycles. The van der Waals surface area contributed by atoms with E-state index in [-0.39, 0.29) is 23.5 Å². The molecule has 5 aliphatic carbocycles. The van der Waals surface area contributed by atoms with Crippen molar-refractivity contribution in [3.05, 3.63) is 149 Å². The van der Waals surface area contributed by atoms with Gasteiger partial charge in [-0.15, -0.1) is 0 Å². The van der Waals surface area contributed by atoms with Crippen LogP contribution in [0.1, 0.15) is 319 Å². The molecule has 575 valence electrons. The SMILES string of the molecule is CCCCC[C@H]1CC[C@H](C#Cc2ccc([S])cc2)CC1.CCCCC[C@H]1CC[C@H](C#Cc2ccc([S])cc2)CC1.CCCCC[C@H]1CC[C@H](C#Cc2ccc([S])cc2)CC1.CCCCC[C@H]1CC[C@H](C#Cc2ccc([S])cc2)CC1.CCCCC[C@H]1CC[C@H](C#Cc2ccc([S])cc2)CC1.F.F.F.F.F. The highest BCUT2D eigenvalue weighted by molar-refractivity contribution is 7.81. The number of hydrogen-bond donors (Lipinski definition) is 0. The minimum atomic E-state index is 0. The van der Waals surface area contributed by atoms with E-state index in [4.69, 9.17) is 63.1 Å². The van der Waals surface area contributed by atoms with Crippen molar-refractivity contribution in [2.24, 2.45) is 59.2 Å². The van der Waals surface area contributed by atoms with Gasteiger partial charge in [0.05, 0.1) is 0 Å². The molecule has 5 aromatic rings. The minimum absolute atomic E-state index is 0. The quantitative estimate of drug-likeness (QED) is 0.0414. The highest BCUT2D eigenvalue weighted by Gasteiger charge is 2.23. The summed E-state index contributed by atoms with van der Waals surface area (Å²) in [4.78, 5) is 4.46. The normalized spacial score (nSPS) is 21.0. The van der Waals surface area contributed by atoms with Gasteiger partial charge in [-0.3, -0.25) is 23.5 Å². The van der Waals surface area contributed by atoms with Crippen LogP contribution in [0.3, 0.4) is 0 Å². The fraction of sp³-hybridized carbons (Fsp3) is 0.579. The van der Waals surface area contributed by atoms with Crippen LogP contribution < -0.4 is 0 Å². The average molecular weight is 1530 g/mol. The van der Waals surface area contributed by atoms with Crippen molar-refractivity contribution in [2.45, 2.75) is 316 Å². The van der Waals surface area contributed by atoms with E-state index in [9.17, 15) is 0 Å². The third-order valence-corrected chi connectivity index (χ3v) is 23.0. The zero-order valence-electron chi connectivity index (χ0n) is 64.7. The Kier molecular flexibility index (Phi) is 56.3. The first kappa shape index (κ1) is 97.7. The smallest absolute Gasteiger partial charge is 0.0377 e. The molecule has 0 saturated heterocycles. The second-order valence-electron chi connectivity index (χ2n) is 30.0. The molecule has 10 rings (SSSR count). The molecule has 0 aromatic heterocycles. The predicted octanol–water partition coefficient (Wildman–Crippen LogP) is 30.7. The lowest BCUT2D eigenvalue weighted by Gasteiger charge is -2.25. The zero-order chi connectivity index (χ0) is 71.0. The average Bonchev–Trinajstić information content (AvgIpc) is 0.996. The van der Waals surface area contributed by atoms with Gasteiger partial charge < -0.3 is 0 Å². The molecule has 0 N–H and O–H groups in total. The summed E-state index contributed by atoms with van der Waals surface area (Å²) in [6, 6.07) is 40.0. The van der Waals surface area contributed by atoms with Gasteiger partial charge in [0.25, 0.3) is 0 Å². The number of benzene rings is 5.